The standard InChI is InChI=1S/C15H24N4O/c1-11-5-3-6-12(9-11)18(2)14(20)13-10-19-8-4-7-16-15(19)17-13/h10-12H,3-9H2,1-2H3,(H,16,17). The van der Waals surface area contributed by atoms with E-state index in [1.165, 1.54) is 12.8 Å². The van der Waals surface area contributed by atoms with Crippen LogP contribution in [0.15, 0.2) is 6.20 Å². The Morgan fingerprint density at radius 2 is 2.30 bits per heavy atom. The molecular formula is C15H24N4O. The molecule has 0 bridgehead atoms. The summed E-state index contributed by atoms with van der Waals surface area (Å²) in [6.07, 6.45) is 7.75. The molecule has 20 heavy (non-hydrogen) atoms. The van der Waals surface area contributed by atoms with Gasteiger partial charge in [-0.25, -0.2) is 4.98 Å². The Hall–Kier alpha value is -1.52. The van der Waals surface area contributed by atoms with Crippen molar-refractivity contribution in [3.8, 4) is 0 Å². The molecule has 1 fully saturated rings. The number of carbonyl (C=O) groups excluding carboxylic acids is 1. The number of fused-ring (bicyclic) bond motifs is 1. The minimum absolute atomic E-state index is 0.0628. The van der Waals surface area contributed by atoms with Crippen LogP contribution in [0.3, 0.4) is 0 Å². The summed E-state index contributed by atoms with van der Waals surface area (Å²) < 4.78 is 2.05. The number of carbonyl (C=O) groups is 1. The Morgan fingerprint density at radius 1 is 1.45 bits per heavy atom. The topological polar surface area (TPSA) is 50.2 Å². The van der Waals surface area contributed by atoms with Crippen molar-refractivity contribution in [2.75, 3.05) is 18.9 Å². The van der Waals surface area contributed by atoms with Crippen LogP contribution in [-0.4, -0.2) is 40.0 Å². The molecule has 0 aromatic carbocycles. The third-order valence-electron chi connectivity index (χ3n) is 4.63. The maximum absolute atomic E-state index is 12.6. The van der Waals surface area contributed by atoms with Gasteiger partial charge in [-0.3, -0.25) is 4.79 Å². The highest BCUT2D eigenvalue weighted by Gasteiger charge is 2.28. The van der Waals surface area contributed by atoms with Gasteiger partial charge in [0.25, 0.3) is 5.91 Å². The first-order valence-electron chi connectivity index (χ1n) is 7.73. The average molecular weight is 276 g/mol. The maximum Gasteiger partial charge on any atom is 0.274 e. The number of nitrogens with one attached hydrogen (secondary N) is 1. The second-order valence-electron chi connectivity index (χ2n) is 6.27. The van der Waals surface area contributed by atoms with E-state index in [9.17, 15) is 4.79 Å². The minimum atomic E-state index is 0.0628. The van der Waals surface area contributed by atoms with Crippen molar-refractivity contribution in [2.24, 2.45) is 5.92 Å². The van der Waals surface area contributed by atoms with Gasteiger partial charge in [-0.15, -0.1) is 0 Å². The molecule has 1 aromatic rings. The molecule has 5 nitrogen and oxygen atoms in total. The second kappa shape index (κ2) is 5.46. The summed E-state index contributed by atoms with van der Waals surface area (Å²) in [4.78, 5) is 18.9. The fourth-order valence-electron chi connectivity index (χ4n) is 3.38. The van der Waals surface area contributed by atoms with Crippen molar-refractivity contribution < 1.29 is 4.79 Å². The number of hydrogen-bond donors (Lipinski definition) is 1. The number of anilines is 1. The number of aryl methyl sites for hydroxylation is 1. The Morgan fingerprint density at radius 3 is 3.05 bits per heavy atom. The Balaban J connectivity index is 1.72. The number of nitrogens with zero attached hydrogens (tertiary/aromatic N) is 3. The third kappa shape index (κ3) is 2.53. The fraction of sp³-hybridized carbons (Fsp3) is 0.733. The molecule has 2 aliphatic rings. The molecule has 1 N–H and O–H groups in total. The molecule has 2 atom stereocenters. The summed E-state index contributed by atoms with van der Waals surface area (Å²) in [7, 11) is 1.93. The lowest BCUT2D eigenvalue weighted by molar-refractivity contribution is 0.0667. The summed E-state index contributed by atoms with van der Waals surface area (Å²) in [6.45, 7) is 4.18. The van der Waals surface area contributed by atoms with E-state index in [4.69, 9.17) is 0 Å². The van der Waals surface area contributed by atoms with Gasteiger partial charge in [0.05, 0.1) is 0 Å². The minimum Gasteiger partial charge on any atom is -0.356 e. The fourth-order valence-corrected chi connectivity index (χ4v) is 3.38. The van der Waals surface area contributed by atoms with Gasteiger partial charge >= 0.3 is 0 Å². The SMILES string of the molecule is CC1CCCC(N(C)C(=O)c2cn3c(n2)NCCC3)C1. The molecule has 0 radical (unpaired) electrons. The molecule has 1 aliphatic heterocycles. The molecule has 1 aromatic heterocycles. The lowest BCUT2D eigenvalue weighted by Gasteiger charge is -2.33. The van der Waals surface area contributed by atoms with Crippen LogP contribution in [0.25, 0.3) is 0 Å². The lowest BCUT2D eigenvalue weighted by atomic mass is 9.86. The molecule has 2 heterocycles. The smallest absolute Gasteiger partial charge is 0.274 e. The van der Waals surface area contributed by atoms with Gasteiger partial charge in [-0.2, -0.15) is 0 Å². The van der Waals surface area contributed by atoms with Crippen LogP contribution >= 0.6 is 0 Å². The monoisotopic (exact) mass is 276 g/mol. The summed E-state index contributed by atoms with van der Waals surface area (Å²) in [6, 6.07) is 0.373. The zero-order chi connectivity index (χ0) is 14.1. The van der Waals surface area contributed by atoms with Gasteiger partial charge in [0.15, 0.2) is 0 Å². The predicted molar refractivity (Wildman–Crippen MR) is 78.8 cm³/mol. The van der Waals surface area contributed by atoms with Crippen LogP contribution in [0, 0.1) is 5.92 Å². The zero-order valence-corrected chi connectivity index (χ0v) is 12.4. The number of rotatable bonds is 2. The van der Waals surface area contributed by atoms with Gasteiger partial charge in [0.2, 0.25) is 5.95 Å². The zero-order valence-electron chi connectivity index (χ0n) is 12.4. The Bertz CT molecular complexity index is 473. The van der Waals surface area contributed by atoms with Gasteiger partial charge in [-0.1, -0.05) is 19.8 Å². The van der Waals surface area contributed by atoms with E-state index >= 15 is 0 Å². The molecular weight excluding hydrogens is 252 g/mol. The van der Waals surface area contributed by atoms with Crippen LogP contribution in [0.4, 0.5) is 5.95 Å². The van der Waals surface area contributed by atoms with E-state index in [0.29, 0.717) is 11.7 Å². The van der Waals surface area contributed by atoms with Gasteiger partial charge in [0.1, 0.15) is 5.69 Å². The van der Waals surface area contributed by atoms with Crippen molar-refractivity contribution in [1.29, 1.82) is 0 Å². The molecule has 3 rings (SSSR count). The van der Waals surface area contributed by atoms with Crippen LogP contribution in [0.5, 0.6) is 0 Å². The van der Waals surface area contributed by atoms with E-state index in [2.05, 4.69) is 17.2 Å². The second-order valence-corrected chi connectivity index (χ2v) is 6.27. The van der Waals surface area contributed by atoms with E-state index in [1.807, 2.05) is 22.7 Å². The molecule has 5 heteroatoms. The first-order valence-corrected chi connectivity index (χ1v) is 7.73. The predicted octanol–water partition coefficient (Wildman–Crippen LogP) is 2.35. The summed E-state index contributed by atoms with van der Waals surface area (Å²) >= 11 is 0. The van der Waals surface area contributed by atoms with Crippen molar-refractivity contribution in [2.45, 2.75) is 51.6 Å². The number of imidazole rings is 1. The van der Waals surface area contributed by atoms with Gasteiger partial charge < -0.3 is 14.8 Å². The lowest BCUT2D eigenvalue weighted by Crippen LogP contribution is -2.40. The number of hydrogen-bond acceptors (Lipinski definition) is 3. The van der Waals surface area contributed by atoms with Crippen LogP contribution in [0.1, 0.15) is 49.5 Å². The van der Waals surface area contributed by atoms with E-state index in [1.54, 1.807) is 0 Å². The number of amides is 1. The molecule has 1 amide bonds. The van der Waals surface area contributed by atoms with E-state index in [0.717, 1.165) is 44.2 Å². The van der Waals surface area contributed by atoms with Crippen molar-refractivity contribution in [1.82, 2.24) is 14.5 Å². The largest absolute Gasteiger partial charge is 0.356 e. The first kappa shape index (κ1) is 13.5. The van der Waals surface area contributed by atoms with Crippen LogP contribution in [-0.2, 0) is 6.54 Å². The quantitative estimate of drug-likeness (QED) is 0.902. The molecule has 1 aliphatic carbocycles. The normalized spacial score (nSPS) is 25.7. The Kier molecular flexibility index (Phi) is 3.68. The maximum atomic E-state index is 12.6. The highest BCUT2D eigenvalue weighted by molar-refractivity contribution is 5.92. The van der Waals surface area contributed by atoms with Crippen molar-refractivity contribution in [3.05, 3.63) is 11.9 Å². The van der Waals surface area contributed by atoms with Crippen molar-refractivity contribution in [3.63, 3.8) is 0 Å². The molecule has 2 unspecified atom stereocenters. The third-order valence-corrected chi connectivity index (χ3v) is 4.63. The molecule has 0 spiro atoms. The highest BCUT2D eigenvalue weighted by atomic mass is 16.2. The molecule has 1 saturated carbocycles. The van der Waals surface area contributed by atoms with Gasteiger partial charge in [0, 0.05) is 32.4 Å². The van der Waals surface area contributed by atoms with E-state index in [-0.39, 0.29) is 5.91 Å². The summed E-state index contributed by atoms with van der Waals surface area (Å²) in [5.41, 5.74) is 0.579. The summed E-state index contributed by atoms with van der Waals surface area (Å²) in [5, 5.41) is 3.24. The molecule has 0 saturated heterocycles. The average Bonchev–Trinajstić information content (AvgIpc) is 2.89. The highest BCUT2D eigenvalue weighted by Crippen LogP contribution is 2.27. The van der Waals surface area contributed by atoms with Crippen LogP contribution in [0.2, 0.25) is 0 Å². The van der Waals surface area contributed by atoms with Crippen LogP contribution < -0.4 is 5.32 Å². The van der Waals surface area contributed by atoms with Crippen molar-refractivity contribution >= 4 is 11.9 Å². The van der Waals surface area contributed by atoms with E-state index < -0.39 is 0 Å². The molecule has 110 valence electrons. The Labute approximate surface area is 120 Å². The number of aromatic nitrogens is 2. The van der Waals surface area contributed by atoms with Gasteiger partial charge in [-0.05, 0) is 25.2 Å². The summed E-state index contributed by atoms with van der Waals surface area (Å²) in [5.74, 6) is 1.62. The first-order chi connectivity index (χ1) is 9.65.